The van der Waals surface area contributed by atoms with Crippen LogP contribution >= 0.6 is 0 Å². The largest absolute Gasteiger partial charge is 0.479 e. The molecule has 0 unspecified atom stereocenters. The van der Waals surface area contributed by atoms with E-state index in [0.29, 0.717) is 4.90 Å². The molecule has 0 radical (unpaired) electrons. The van der Waals surface area contributed by atoms with Crippen LogP contribution in [-0.4, -0.2) is 53.4 Å². The summed E-state index contributed by atoms with van der Waals surface area (Å²) in [7, 11) is 0. The molecule has 0 aromatic rings. The number of hydrogen-bond donors (Lipinski definition) is 1. The summed E-state index contributed by atoms with van der Waals surface area (Å²) >= 11 is 0. The molecule has 1 fully saturated rings. The molecular formula is C11H14F3NO4. The fourth-order valence-corrected chi connectivity index (χ4v) is 1.81. The highest BCUT2D eigenvalue weighted by atomic mass is 19.4. The van der Waals surface area contributed by atoms with E-state index in [-0.39, 0.29) is 19.4 Å². The molecule has 1 aliphatic heterocycles. The van der Waals surface area contributed by atoms with Crippen LogP contribution in [-0.2, 0) is 14.3 Å². The predicted octanol–water partition coefficient (Wildman–Crippen LogP) is 1.20. The number of rotatable bonds is 5. The van der Waals surface area contributed by atoms with E-state index in [0.717, 1.165) is 0 Å². The molecule has 1 heterocycles. The highest BCUT2D eigenvalue weighted by Crippen LogP contribution is 2.23. The lowest BCUT2D eigenvalue weighted by Gasteiger charge is -2.25. The standard InChI is InChI=1S/C11H14F3NO4/c1-2-5-15(6-11(12,13)14)9(16)7-3-4-8(19-7)10(17)18/h2,7-8H,1,3-6H2,(H,17,18)/t7-,8+/m0/s1. The quantitative estimate of drug-likeness (QED) is 0.769. The number of carbonyl (C=O) groups is 2. The van der Waals surface area contributed by atoms with Gasteiger partial charge in [-0.2, -0.15) is 13.2 Å². The van der Waals surface area contributed by atoms with Crippen molar-refractivity contribution in [1.29, 1.82) is 0 Å². The molecule has 1 saturated heterocycles. The molecule has 8 heteroatoms. The van der Waals surface area contributed by atoms with Crippen molar-refractivity contribution in [2.24, 2.45) is 0 Å². The van der Waals surface area contributed by atoms with Gasteiger partial charge in [0.05, 0.1) is 0 Å². The van der Waals surface area contributed by atoms with Crippen LogP contribution in [0.2, 0.25) is 0 Å². The summed E-state index contributed by atoms with van der Waals surface area (Å²) in [4.78, 5) is 23.0. The molecule has 108 valence electrons. The number of aliphatic carboxylic acids is 1. The van der Waals surface area contributed by atoms with Gasteiger partial charge < -0.3 is 14.7 Å². The van der Waals surface area contributed by atoms with Gasteiger partial charge in [-0.3, -0.25) is 4.79 Å². The minimum absolute atomic E-state index is 0.0985. The first kappa shape index (κ1) is 15.5. The number of halogens is 3. The lowest BCUT2D eigenvalue weighted by atomic mass is 10.2. The zero-order chi connectivity index (χ0) is 14.6. The summed E-state index contributed by atoms with van der Waals surface area (Å²) in [5, 5.41) is 8.70. The molecule has 19 heavy (non-hydrogen) atoms. The summed E-state index contributed by atoms with van der Waals surface area (Å²) in [5.41, 5.74) is 0. The maximum atomic E-state index is 12.3. The van der Waals surface area contributed by atoms with Crippen molar-refractivity contribution in [2.45, 2.75) is 31.2 Å². The third kappa shape index (κ3) is 4.55. The van der Waals surface area contributed by atoms with Gasteiger partial charge in [0, 0.05) is 6.54 Å². The average molecular weight is 281 g/mol. The Kier molecular flexibility index (Phi) is 4.93. The Morgan fingerprint density at radius 1 is 1.37 bits per heavy atom. The minimum atomic E-state index is -4.52. The van der Waals surface area contributed by atoms with Crippen LogP contribution in [0.1, 0.15) is 12.8 Å². The van der Waals surface area contributed by atoms with Gasteiger partial charge in [0.1, 0.15) is 12.6 Å². The molecule has 0 saturated carbocycles. The molecule has 0 bridgehead atoms. The second kappa shape index (κ2) is 6.05. The van der Waals surface area contributed by atoms with Gasteiger partial charge in [0.25, 0.3) is 5.91 Å². The van der Waals surface area contributed by atoms with Gasteiger partial charge in [-0.05, 0) is 12.8 Å². The molecule has 0 aromatic heterocycles. The first-order valence-electron chi connectivity index (χ1n) is 5.59. The van der Waals surface area contributed by atoms with Crippen LogP contribution in [0.25, 0.3) is 0 Å². The SMILES string of the molecule is C=CCN(CC(F)(F)F)C(=O)[C@@H]1CC[C@H](C(=O)O)O1. The molecule has 0 aliphatic carbocycles. The molecule has 2 atom stereocenters. The van der Waals surface area contributed by atoms with Crippen molar-refractivity contribution in [3.05, 3.63) is 12.7 Å². The highest BCUT2D eigenvalue weighted by molar-refractivity contribution is 5.83. The molecule has 0 spiro atoms. The van der Waals surface area contributed by atoms with Crippen LogP contribution in [0.15, 0.2) is 12.7 Å². The van der Waals surface area contributed by atoms with E-state index >= 15 is 0 Å². The van der Waals surface area contributed by atoms with E-state index < -0.39 is 36.8 Å². The lowest BCUT2D eigenvalue weighted by Crippen LogP contribution is -2.44. The van der Waals surface area contributed by atoms with Crippen molar-refractivity contribution >= 4 is 11.9 Å². The Bertz CT molecular complexity index is 369. The number of carbonyl (C=O) groups excluding carboxylic acids is 1. The van der Waals surface area contributed by atoms with Crippen molar-refractivity contribution in [1.82, 2.24) is 4.90 Å². The zero-order valence-electron chi connectivity index (χ0n) is 10.0. The molecule has 1 N–H and O–H groups in total. The van der Waals surface area contributed by atoms with Crippen LogP contribution in [0, 0.1) is 0 Å². The topological polar surface area (TPSA) is 66.8 Å². The number of carboxylic acid groups (broad SMARTS) is 1. The molecule has 1 aliphatic rings. The lowest BCUT2D eigenvalue weighted by molar-refractivity contribution is -0.169. The fourth-order valence-electron chi connectivity index (χ4n) is 1.81. The van der Waals surface area contributed by atoms with Crippen molar-refractivity contribution < 1.29 is 32.6 Å². The second-order valence-corrected chi connectivity index (χ2v) is 4.15. The minimum Gasteiger partial charge on any atom is -0.479 e. The van der Waals surface area contributed by atoms with Crippen LogP contribution in [0.4, 0.5) is 13.2 Å². The predicted molar refractivity (Wildman–Crippen MR) is 58.4 cm³/mol. The third-order valence-corrected chi connectivity index (χ3v) is 2.60. The zero-order valence-corrected chi connectivity index (χ0v) is 10.0. The Morgan fingerprint density at radius 3 is 2.37 bits per heavy atom. The number of nitrogens with zero attached hydrogens (tertiary/aromatic N) is 1. The fraction of sp³-hybridized carbons (Fsp3) is 0.636. The van der Waals surface area contributed by atoms with Gasteiger partial charge in [-0.1, -0.05) is 6.08 Å². The number of amides is 1. The Hall–Kier alpha value is -1.57. The first-order chi connectivity index (χ1) is 8.74. The molecule has 1 amide bonds. The Balaban J connectivity index is 2.67. The first-order valence-corrected chi connectivity index (χ1v) is 5.59. The summed E-state index contributed by atoms with van der Waals surface area (Å²) in [6.07, 6.45) is -5.41. The summed E-state index contributed by atoms with van der Waals surface area (Å²) in [6.45, 7) is 1.61. The van der Waals surface area contributed by atoms with E-state index in [4.69, 9.17) is 9.84 Å². The number of carboxylic acids is 1. The molecule has 1 rings (SSSR count). The van der Waals surface area contributed by atoms with Crippen LogP contribution in [0.5, 0.6) is 0 Å². The summed E-state index contributed by atoms with van der Waals surface area (Å²) in [6, 6.07) is 0. The van der Waals surface area contributed by atoms with Gasteiger partial charge >= 0.3 is 12.1 Å². The molecule has 5 nitrogen and oxygen atoms in total. The highest BCUT2D eigenvalue weighted by Gasteiger charge is 2.39. The van der Waals surface area contributed by atoms with E-state index in [1.54, 1.807) is 0 Å². The van der Waals surface area contributed by atoms with Crippen LogP contribution in [0.3, 0.4) is 0 Å². The summed E-state index contributed by atoms with van der Waals surface area (Å²) in [5.74, 6) is -2.08. The molecule has 0 aromatic carbocycles. The smallest absolute Gasteiger partial charge is 0.406 e. The molecular weight excluding hydrogens is 267 g/mol. The van der Waals surface area contributed by atoms with E-state index in [1.165, 1.54) is 6.08 Å². The van der Waals surface area contributed by atoms with E-state index in [2.05, 4.69) is 6.58 Å². The van der Waals surface area contributed by atoms with E-state index in [9.17, 15) is 22.8 Å². The maximum absolute atomic E-state index is 12.3. The van der Waals surface area contributed by atoms with Crippen molar-refractivity contribution in [3.8, 4) is 0 Å². The maximum Gasteiger partial charge on any atom is 0.406 e. The van der Waals surface area contributed by atoms with Crippen molar-refractivity contribution in [3.63, 3.8) is 0 Å². The van der Waals surface area contributed by atoms with E-state index in [1.807, 2.05) is 0 Å². The van der Waals surface area contributed by atoms with Gasteiger partial charge in [0.2, 0.25) is 0 Å². The number of alkyl halides is 3. The van der Waals surface area contributed by atoms with Gasteiger partial charge in [0.15, 0.2) is 6.10 Å². The van der Waals surface area contributed by atoms with Crippen molar-refractivity contribution in [2.75, 3.05) is 13.1 Å². The Labute approximate surface area is 107 Å². The number of ether oxygens (including phenoxy) is 1. The number of hydrogen-bond acceptors (Lipinski definition) is 3. The third-order valence-electron chi connectivity index (χ3n) is 2.60. The normalized spacial score (nSPS) is 23.1. The monoisotopic (exact) mass is 281 g/mol. The van der Waals surface area contributed by atoms with Crippen LogP contribution < -0.4 is 0 Å². The summed E-state index contributed by atoms with van der Waals surface area (Å²) < 4.78 is 41.9. The Morgan fingerprint density at radius 2 is 1.95 bits per heavy atom. The average Bonchev–Trinajstić information content (AvgIpc) is 2.75. The van der Waals surface area contributed by atoms with Gasteiger partial charge in [-0.25, -0.2) is 4.79 Å². The van der Waals surface area contributed by atoms with Gasteiger partial charge in [-0.15, -0.1) is 6.58 Å². The second-order valence-electron chi connectivity index (χ2n) is 4.15.